The maximum absolute atomic E-state index is 3.63. The molecule has 0 unspecified atom stereocenters. The highest BCUT2D eigenvalue weighted by Gasteiger charge is 1.77. The molecule has 0 aliphatic rings. The normalized spacial score (nSPS) is 8.21. The lowest BCUT2D eigenvalue weighted by Gasteiger charge is -1.85. The lowest BCUT2D eigenvalue weighted by atomic mass is 10.2. The molecule has 0 heterocycles. The van der Waals surface area contributed by atoms with Crippen molar-refractivity contribution in [2.45, 2.75) is 13.8 Å². The molecule has 0 nitrogen and oxygen atoms in total. The average molecular weight is 369 g/mol. The first-order valence-corrected chi connectivity index (χ1v) is 9.18. The average Bonchev–Trinajstić information content (AvgIpc) is 2.76. The zero-order chi connectivity index (χ0) is 21.0. The van der Waals surface area contributed by atoms with E-state index in [1.165, 1.54) is 22.3 Å². The molecule has 0 aliphatic carbocycles. The summed E-state index contributed by atoms with van der Waals surface area (Å²) in [4.78, 5) is 0. The molecule has 0 saturated heterocycles. The fraction of sp³-hybridized carbons (Fsp3) is 0.0714. The summed E-state index contributed by atoms with van der Waals surface area (Å²) in [7, 11) is 0. The van der Waals surface area contributed by atoms with E-state index < -0.39 is 0 Å². The number of hydrogen-bond acceptors (Lipinski definition) is 0. The quantitative estimate of drug-likeness (QED) is 0.406. The second-order valence-electron chi connectivity index (χ2n) is 6.05. The summed E-state index contributed by atoms with van der Waals surface area (Å²) < 4.78 is 0. The Bertz CT molecular complexity index is 674. The van der Waals surface area contributed by atoms with Gasteiger partial charge < -0.3 is 0 Å². The van der Waals surface area contributed by atoms with Crippen LogP contribution in [0.3, 0.4) is 0 Å². The van der Waals surface area contributed by atoms with Gasteiger partial charge in [0, 0.05) is 0 Å². The van der Waals surface area contributed by atoms with Crippen molar-refractivity contribution >= 4 is 18.2 Å². The molecule has 0 spiro atoms. The van der Waals surface area contributed by atoms with Crippen molar-refractivity contribution in [2.75, 3.05) is 0 Å². The van der Waals surface area contributed by atoms with Crippen molar-refractivity contribution in [2.24, 2.45) is 0 Å². The van der Waals surface area contributed by atoms with Crippen molar-refractivity contribution in [1.82, 2.24) is 0 Å². The van der Waals surface area contributed by atoms with Gasteiger partial charge in [-0.05, 0) is 30.5 Å². The molecule has 0 saturated carbocycles. The molecule has 0 radical (unpaired) electrons. The molecular weight excluding hydrogens is 336 g/mol. The van der Waals surface area contributed by atoms with Crippen LogP contribution in [0.4, 0.5) is 0 Å². The van der Waals surface area contributed by atoms with E-state index in [9.17, 15) is 0 Å². The van der Waals surface area contributed by atoms with Crippen LogP contribution in [-0.4, -0.2) is 0 Å². The van der Waals surface area contributed by atoms with Crippen LogP contribution in [0, 0.1) is 0 Å². The van der Waals surface area contributed by atoms with E-state index in [4.69, 9.17) is 0 Å². The van der Waals surface area contributed by atoms with Gasteiger partial charge in [-0.2, -0.15) is 0 Å². The van der Waals surface area contributed by atoms with Gasteiger partial charge >= 0.3 is 0 Å². The predicted molar refractivity (Wildman–Crippen MR) is 130 cm³/mol. The lowest BCUT2D eigenvalue weighted by molar-refractivity contribution is 1.42. The second-order valence-corrected chi connectivity index (χ2v) is 6.05. The number of hydrogen-bond donors (Lipinski definition) is 0. The summed E-state index contributed by atoms with van der Waals surface area (Å²) in [5, 5.41) is 0. The first-order chi connectivity index (χ1) is 13.5. The Morgan fingerprint density at radius 3 is 0.786 bits per heavy atom. The molecule has 3 aromatic rings. The van der Waals surface area contributed by atoms with Gasteiger partial charge in [0.1, 0.15) is 0 Å². The summed E-state index contributed by atoms with van der Waals surface area (Å²) >= 11 is 0. The standard InChI is InChI=1S/3C8H8.C4H8/c3*1-2-8-6-4-3-5-7-8;1-4(2)3/h3*2-7H,1H2;1H2,2-3H3. The van der Waals surface area contributed by atoms with Crippen LogP contribution in [-0.2, 0) is 0 Å². The van der Waals surface area contributed by atoms with Gasteiger partial charge in [0.15, 0.2) is 0 Å². The van der Waals surface area contributed by atoms with Crippen LogP contribution >= 0.6 is 0 Å². The van der Waals surface area contributed by atoms with Gasteiger partial charge in [0.05, 0.1) is 0 Å². The van der Waals surface area contributed by atoms with Crippen LogP contribution in [0.5, 0.6) is 0 Å². The molecule has 0 aliphatic heterocycles. The summed E-state index contributed by atoms with van der Waals surface area (Å²) in [6, 6.07) is 30.1. The molecular formula is C28H32. The molecule has 144 valence electrons. The van der Waals surface area contributed by atoms with E-state index in [0.717, 1.165) is 0 Å². The van der Waals surface area contributed by atoms with Crippen molar-refractivity contribution < 1.29 is 0 Å². The van der Waals surface area contributed by atoms with Gasteiger partial charge in [-0.15, -0.1) is 6.58 Å². The second kappa shape index (κ2) is 17.1. The first kappa shape index (κ1) is 24.6. The number of benzene rings is 3. The third-order valence-electron chi connectivity index (χ3n) is 3.11. The SMILES string of the molecule is C=C(C)C.C=Cc1ccccc1.C=Cc1ccccc1.C=Cc1ccccc1. The molecule has 0 atom stereocenters. The van der Waals surface area contributed by atoms with Gasteiger partial charge in [0.25, 0.3) is 0 Å². The van der Waals surface area contributed by atoms with E-state index in [-0.39, 0.29) is 0 Å². The minimum atomic E-state index is 1.17. The molecule has 28 heavy (non-hydrogen) atoms. The minimum absolute atomic E-state index is 1.17. The Balaban J connectivity index is 0.000000358. The fourth-order valence-electron chi connectivity index (χ4n) is 1.77. The summed E-state index contributed by atoms with van der Waals surface area (Å²) in [5.74, 6) is 0. The molecule has 0 fully saturated rings. The first-order valence-electron chi connectivity index (χ1n) is 9.18. The minimum Gasteiger partial charge on any atom is -0.100 e. The highest BCUT2D eigenvalue weighted by atomic mass is 13.8. The third kappa shape index (κ3) is 14.9. The Morgan fingerprint density at radius 1 is 0.500 bits per heavy atom. The summed E-state index contributed by atoms with van der Waals surface area (Å²) in [5.41, 5.74) is 4.69. The van der Waals surface area contributed by atoms with E-state index in [1.807, 2.05) is 123 Å². The Hall–Kier alpha value is -3.38. The predicted octanol–water partition coefficient (Wildman–Crippen LogP) is 8.57. The molecule has 0 bridgehead atoms. The lowest BCUT2D eigenvalue weighted by Crippen LogP contribution is -1.63. The van der Waals surface area contributed by atoms with Gasteiger partial charge in [0.2, 0.25) is 0 Å². The van der Waals surface area contributed by atoms with Crippen LogP contribution in [0.25, 0.3) is 18.2 Å². The van der Waals surface area contributed by atoms with E-state index >= 15 is 0 Å². The molecule has 3 aromatic carbocycles. The molecule has 0 heteroatoms. The van der Waals surface area contributed by atoms with E-state index in [0.29, 0.717) is 0 Å². The summed E-state index contributed by atoms with van der Waals surface area (Å²) in [6.07, 6.45) is 5.50. The van der Waals surface area contributed by atoms with Crippen LogP contribution < -0.4 is 0 Å². The monoisotopic (exact) mass is 368 g/mol. The fourth-order valence-corrected chi connectivity index (χ4v) is 1.77. The zero-order valence-corrected chi connectivity index (χ0v) is 17.2. The van der Waals surface area contributed by atoms with Gasteiger partial charge in [-0.3, -0.25) is 0 Å². The number of rotatable bonds is 3. The van der Waals surface area contributed by atoms with Gasteiger partial charge in [-0.25, -0.2) is 0 Å². The van der Waals surface area contributed by atoms with Crippen LogP contribution in [0.1, 0.15) is 30.5 Å². The van der Waals surface area contributed by atoms with Gasteiger partial charge in [-0.1, -0.05) is 135 Å². The van der Waals surface area contributed by atoms with Crippen LogP contribution in [0.2, 0.25) is 0 Å². The number of allylic oxidation sites excluding steroid dienone is 1. The summed E-state index contributed by atoms with van der Waals surface area (Å²) in [6.45, 7) is 18.4. The third-order valence-corrected chi connectivity index (χ3v) is 3.11. The highest BCUT2D eigenvalue weighted by Crippen LogP contribution is 1.98. The largest absolute Gasteiger partial charge is 0.100 e. The smallest absolute Gasteiger partial charge is 0.0263 e. The zero-order valence-electron chi connectivity index (χ0n) is 17.2. The maximum Gasteiger partial charge on any atom is -0.0263 e. The Kier molecular flexibility index (Phi) is 15.0. The highest BCUT2D eigenvalue weighted by molar-refractivity contribution is 5.46. The van der Waals surface area contributed by atoms with Crippen molar-refractivity contribution in [3.05, 3.63) is 140 Å². The Morgan fingerprint density at radius 2 is 0.679 bits per heavy atom. The molecule has 3 rings (SSSR count). The molecule has 0 amide bonds. The van der Waals surface area contributed by atoms with Crippen LogP contribution in [0.15, 0.2) is 123 Å². The van der Waals surface area contributed by atoms with Crippen molar-refractivity contribution in [3.8, 4) is 0 Å². The van der Waals surface area contributed by atoms with E-state index in [2.05, 4.69) is 26.3 Å². The molecule has 0 N–H and O–H groups in total. The topological polar surface area (TPSA) is 0 Å². The maximum atomic E-state index is 3.63. The molecule has 0 aromatic heterocycles. The van der Waals surface area contributed by atoms with Crippen molar-refractivity contribution in [1.29, 1.82) is 0 Å². The van der Waals surface area contributed by atoms with Crippen molar-refractivity contribution in [3.63, 3.8) is 0 Å². The van der Waals surface area contributed by atoms with E-state index in [1.54, 1.807) is 0 Å². The Labute approximate surface area is 171 Å².